The zero-order valence-electron chi connectivity index (χ0n) is 7.71. The fourth-order valence-electron chi connectivity index (χ4n) is 0.909. The van der Waals surface area contributed by atoms with E-state index in [1.165, 1.54) is 0 Å². The molecular weight excluding hydrogens is 162 g/mol. The molecule has 0 amide bonds. The monoisotopic (exact) mass is 175 g/mol. The van der Waals surface area contributed by atoms with Crippen LogP contribution in [0.25, 0.3) is 0 Å². The van der Waals surface area contributed by atoms with Crippen LogP contribution in [0.5, 0.6) is 5.75 Å². The summed E-state index contributed by atoms with van der Waals surface area (Å²) in [6.45, 7) is 2.45. The van der Waals surface area contributed by atoms with Gasteiger partial charge in [0.05, 0.1) is 6.61 Å². The summed E-state index contributed by atoms with van der Waals surface area (Å²) in [6.07, 6.45) is 0.765. The van der Waals surface area contributed by atoms with E-state index in [1.54, 1.807) is 0 Å². The fraction of sp³-hybridized carbons (Fsp3) is 0.273. The van der Waals surface area contributed by atoms with Crippen LogP contribution in [0.2, 0.25) is 0 Å². The third-order valence-corrected chi connectivity index (χ3v) is 1.55. The smallest absolute Gasteiger partial charge is 0.119 e. The van der Waals surface area contributed by atoms with Crippen molar-refractivity contribution in [3.8, 4) is 17.6 Å². The SMILES string of the molecule is CC#CCCOc1ccc(N)cc1. The van der Waals surface area contributed by atoms with E-state index in [0.717, 1.165) is 17.9 Å². The summed E-state index contributed by atoms with van der Waals surface area (Å²) in [5, 5.41) is 0. The van der Waals surface area contributed by atoms with Gasteiger partial charge in [0.1, 0.15) is 5.75 Å². The molecule has 0 bridgehead atoms. The minimum absolute atomic E-state index is 0.630. The second-order valence-electron chi connectivity index (χ2n) is 2.59. The second kappa shape index (κ2) is 5.10. The highest BCUT2D eigenvalue weighted by Crippen LogP contribution is 2.12. The quantitative estimate of drug-likeness (QED) is 0.433. The van der Waals surface area contributed by atoms with Gasteiger partial charge in [-0.15, -0.1) is 11.8 Å². The zero-order valence-corrected chi connectivity index (χ0v) is 7.71. The maximum absolute atomic E-state index is 5.53. The molecule has 1 aromatic carbocycles. The van der Waals surface area contributed by atoms with Crippen molar-refractivity contribution in [2.24, 2.45) is 0 Å². The largest absolute Gasteiger partial charge is 0.493 e. The Morgan fingerprint density at radius 1 is 1.31 bits per heavy atom. The van der Waals surface area contributed by atoms with Gasteiger partial charge in [0.25, 0.3) is 0 Å². The maximum atomic E-state index is 5.53. The van der Waals surface area contributed by atoms with E-state index in [9.17, 15) is 0 Å². The van der Waals surface area contributed by atoms with Crippen LogP contribution in [0.1, 0.15) is 13.3 Å². The molecule has 0 aliphatic carbocycles. The van der Waals surface area contributed by atoms with Crippen molar-refractivity contribution in [3.05, 3.63) is 24.3 Å². The molecule has 2 N–H and O–H groups in total. The topological polar surface area (TPSA) is 35.2 Å². The van der Waals surface area contributed by atoms with Gasteiger partial charge in [0.2, 0.25) is 0 Å². The molecule has 2 nitrogen and oxygen atoms in total. The van der Waals surface area contributed by atoms with Gasteiger partial charge in [0, 0.05) is 12.1 Å². The Kier molecular flexibility index (Phi) is 3.72. The molecule has 2 heteroatoms. The molecule has 1 aromatic rings. The summed E-state index contributed by atoms with van der Waals surface area (Å²) in [6, 6.07) is 7.35. The first-order chi connectivity index (χ1) is 6.33. The van der Waals surface area contributed by atoms with E-state index in [4.69, 9.17) is 10.5 Å². The second-order valence-corrected chi connectivity index (χ2v) is 2.59. The lowest BCUT2D eigenvalue weighted by Crippen LogP contribution is -1.95. The minimum atomic E-state index is 0.630. The van der Waals surface area contributed by atoms with Crippen LogP contribution in [-0.2, 0) is 0 Å². The molecule has 0 unspecified atom stereocenters. The normalized spacial score (nSPS) is 8.69. The number of nitrogen functional groups attached to an aromatic ring is 1. The van der Waals surface area contributed by atoms with Gasteiger partial charge in [-0.2, -0.15) is 0 Å². The number of anilines is 1. The minimum Gasteiger partial charge on any atom is -0.493 e. The van der Waals surface area contributed by atoms with Crippen molar-refractivity contribution >= 4 is 5.69 Å². The third-order valence-electron chi connectivity index (χ3n) is 1.55. The van der Waals surface area contributed by atoms with Crippen LogP contribution in [0.15, 0.2) is 24.3 Å². The molecule has 0 heterocycles. The van der Waals surface area contributed by atoms with Crippen molar-refractivity contribution in [3.63, 3.8) is 0 Å². The highest BCUT2D eigenvalue weighted by Gasteiger charge is 1.90. The first-order valence-electron chi connectivity index (χ1n) is 4.21. The number of hydrogen-bond acceptors (Lipinski definition) is 2. The van der Waals surface area contributed by atoms with E-state index in [0.29, 0.717) is 6.61 Å². The molecule has 0 fully saturated rings. The average molecular weight is 175 g/mol. The van der Waals surface area contributed by atoms with Gasteiger partial charge in [0.15, 0.2) is 0 Å². The van der Waals surface area contributed by atoms with Crippen molar-refractivity contribution < 1.29 is 4.74 Å². The maximum Gasteiger partial charge on any atom is 0.119 e. The fourth-order valence-corrected chi connectivity index (χ4v) is 0.909. The molecule has 1 rings (SSSR count). The molecule has 0 radical (unpaired) electrons. The zero-order chi connectivity index (χ0) is 9.52. The van der Waals surface area contributed by atoms with Gasteiger partial charge in [-0.3, -0.25) is 0 Å². The van der Waals surface area contributed by atoms with Crippen LogP contribution in [-0.4, -0.2) is 6.61 Å². The van der Waals surface area contributed by atoms with Gasteiger partial charge < -0.3 is 10.5 Å². The summed E-state index contributed by atoms with van der Waals surface area (Å²) >= 11 is 0. The Hall–Kier alpha value is -1.62. The molecule has 0 aliphatic heterocycles. The lowest BCUT2D eigenvalue weighted by Gasteiger charge is -2.03. The number of benzene rings is 1. The van der Waals surface area contributed by atoms with Crippen molar-refractivity contribution in [1.82, 2.24) is 0 Å². The summed E-state index contributed by atoms with van der Waals surface area (Å²) in [7, 11) is 0. The Morgan fingerprint density at radius 3 is 2.62 bits per heavy atom. The summed E-state index contributed by atoms with van der Waals surface area (Å²) in [5.74, 6) is 6.58. The van der Waals surface area contributed by atoms with Crippen molar-refractivity contribution in [2.75, 3.05) is 12.3 Å². The number of rotatable bonds is 3. The Bertz CT molecular complexity index is 305. The number of ether oxygens (including phenoxy) is 1. The van der Waals surface area contributed by atoms with Gasteiger partial charge >= 0.3 is 0 Å². The van der Waals surface area contributed by atoms with Crippen molar-refractivity contribution in [2.45, 2.75) is 13.3 Å². The highest BCUT2D eigenvalue weighted by molar-refractivity contribution is 5.41. The molecule has 0 aromatic heterocycles. The Morgan fingerprint density at radius 2 is 2.00 bits per heavy atom. The molecule has 0 spiro atoms. The first kappa shape index (κ1) is 9.47. The van der Waals surface area contributed by atoms with Crippen molar-refractivity contribution in [1.29, 1.82) is 0 Å². The number of nitrogens with two attached hydrogens (primary N) is 1. The highest BCUT2D eigenvalue weighted by atomic mass is 16.5. The summed E-state index contributed by atoms with van der Waals surface area (Å²) in [4.78, 5) is 0. The predicted octanol–water partition coefficient (Wildman–Crippen LogP) is 2.06. The Balaban J connectivity index is 2.36. The van der Waals surface area contributed by atoms with Crippen LogP contribution in [0, 0.1) is 11.8 Å². The lowest BCUT2D eigenvalue weighted by molar-refractivity contribution is 0.327. The van der Waals surface area contributed by atoms with Crippen LogP contribution < -0.4 is 10.5 Å². The molecule has 13 heavy (non-hydrogen) atoms. The molecule has 0 saturated heterocycles. The van der Waals surface area contributed by atoms with Gasteiger partial charge in [-0.05, 0) is 31.2 Å². The average Bonchev–Trinajstić information content (AvgIpc) is 2.15. The molecule has 0 aliphatic rings. The van der Waals surface area contributed by atoms with E-state index < -0.39 is 0 Å². The number of hydrogen-bond donors (Lipinski definition) is 1. The Labute approximate surface area is 78.7 Å². The van der Waals surface area contributed by atoms with E-state index in [-0.39, 0.29) is 0 Å². The molecule has 0 saturated carbocycles. The van der Waals surface area contributed by atoms with Gasteiger partial charge in [-0.1, -0.05) is 0 Å². The lowest BCUT2D eigenvalue weighted by atomic mass is 10.3. The standard InChI is InChI=1S/C11H13NO/c1-2-3-4-9-13-11-7-5-10(12)6-8-11/h5-8H,4,9,12H2,1H3. The van der Waals surface area contributed by atoms with E-state index in [1.807, 2.05) is 31.2 Å². The molecular formula is C11H13NO. The van der Waals surface area contributed by atoms with Crippen LogP contribution in [0.4, 0.5) is 5.69 Å². The van der Waals surface area contributed by atoms with Crippen LogP contribution in [0.3, 0.4) is 0 Å². The van der Waals surface area contributed by atoms with E-state index >= 15 is 0 Å². The van der Waals surface area contributed by atoms with Gasteiger partial charge in [-0.25, -0.2) is 0 Å². The third kappa shape index (κ3) is 3.53. The molecule has 68 valence electrons. The summed E-state index contributed by atoms with van der Waals surface area (Å²) in [5.41, 5.74) is 6.28. The van der Waals surface area contributed by atoms with E-state index in [2.05, 4.69) is 11.8 Å². The first-order valence-corrected chi connectivity index (χ1v) is 4.21. The van der Waals surface area contributed by atoms with Crippen LogP contribution >= 0.6 is 0 Å². The molecule has 0 atom stereocenters. The summed E-state index contributed by atoms with van der Waals surface area (Å²) < 4.78 is 5.40. The predicted molar refractivity (Wildman–Crippen MR) is 54.4 cm³/mol.